The van der Waals surface area contributed by atoms with Crippen molar-refractivity contribution in [2.45, 2.75) is 12.0 Å². The second kappa shape index (κ2) is 2.73. The molecule has 0 aliphatic carbocycles. The molecule has 4 nitrogen and oxygen atoms in total. The number of ether oxygens (including phenoxy) is 1. The van der Waals surface area contributed by atoms with E-state index in [1.165, 1.54) is 7.11 Å². The summed E-state index contributed by atoms with van der Waals surface area (Å²) in [4.78, 5) is 0. The third-order valence-corrected chi connectivity index (χ3v) is 3.86. The van der Waals surface area contributed by atoms with Crippen molar-refractivity contribution in [2.24, 2.45) is 0 Å². The van der Waals surface area contributed by atoms with E-state index >= 15 is 0 Å². The van der Waals surface area contributed by atoms with E-state index in [0.29, 0.717) is 6.42 Å². The lowest BCUT2D eigenvalue weighted by Crippen LogP contribution is -2.36. The molecule has 1 aliphatic heterocycles. The highest BCUT2D eigenvalue weighted by atomic mass is 32.2. The van der Waals surface area contributed by atoms with Crippen LogP contribution in [0, 0.1) is 0 Å². The molecule has 1 atom stereocenters. The fourth-order valence-corrected chi connectivity index (χ4v) is 3.22. The molecule has 66 valence electrons. The summed E-state index contributed by atoms with van der Waals surface area (Å²) >= 11 is 0. The molecular weight excluding hydrogens is 168 g/mol. The molecule has 1 rings (SSSR count). The van der Waals surface area contributed by atoms with Crippen LogP contribution in [0.5, 0.6) is 0 Å². The standard InChI is InChI=1S/C6H12O4S/c1-10-6(4-7)2-3-11(8,9)5-6/h7H,2-5H2,1H3. The Kier molecular flexibility index (Phi) is 2.22. The largest absolute Gasteiger partial charge is 0.393 e. The molecule has 1 unspecified atom stereocenters. The molecule has 5 heteroatoms. The van der Waals surface area contributed by atoms with E-state index in [2.05, 4.69) is 0 Å². The lowest BCUT2D eigenvalue weighted by molar-refractivity contribution is -0.0313. The van der Waals surface area contributed by atoms with Crippen LogP contribution in [0.25, 0.3) is 0 Å². The summed E-state index contributed by atoms with van der Waals surface area (Å²) in [7, 11) is -1.54. The fraction of sp³-hybridized carbons (Fsp3) is 1.00. The van der Waals surface area contributed by atoms with Crippen LogP contribution in [-0.2, 0) is 14.6 Å². The lowest BCUT2D eigenvalue weighted by Gasteiger charge is -2.22. The van der Waals surface area contributed by atoms with Crippen molar-refractivity contribution in [2.75, 3.05) is 25.2 Å². The minimum Gasteiger partial charge on any atom is -0.393 e. The zero-order chi connectivity index (χ0) is 8.54. The smallest absolute Gasteiger partial charge is 0.153 e. The summed E-state index contributed by atoms with van der Waals surface area (Å²) in [6.07, 6.45) is 0.405. The minimum absolute atomic E-state index is 0.0486. The summed E-state index contributed by atoms with van der Waals surface area (Å²) in [6, 6.07) is 0. The number of aliphatic hydroxyl groups is 1. The molecular formula is C6H12O4S. The van der Waals surface area contributed by atoms with Gasteiger partial charge < -0.3 is 9.84 Å². The van der Waals surface area contributed by atoms with Gasteiger partial charge in [-0.3, -0.25) is 0 Å². The van der Waals surface area contributed by atoms with Crippen LogP contribution in [0.1, 0.15) is 6.42 Å². The predicted octanol–water partition coefficient (Wildman–Crippen LogP) is -0.818. The average molecular weight is 180 g/mol. The normalized spacial score (nSPS) is 35.8. The van der Waals surface area contributed by atoms with E-state index in [9.17, 15) is 8.42 Å². The van der Waals surface area contributed by atoms with Crippen LogP contribution in [-0.4, -0.2) is 44.3 Å². The Hall–Kier alpha value is -0.130. The molecule has 1 aliphatic rings. The Morgan fingerprint density at radius 2 is 2.27 bits per heavy atom. The summed E-state index contributed by atoms with van der Waals surface area (Å²) < 4.78 is 26.9. The second-order valence-corrected chi connectivity index (χ2v) is 5.07. The monoisotopic (exact) mass is 180 g/mol. The zero-order valence-electron chi connectivity index (χ0n) is 6.41. The van der Waals surface area contributed by atoms with E-state index in [1.54, 1.807) is 0 Å². The van der Waals surface area contributed by atoms with Crippen molar-refractivity contribution in [3.05, 3.63) is 0 Å². The first-order valence-corrected chi connectivity index (χ1v) is 5.22. The molecule has 0 aromatic rings. The Bertz CT molecular complexity index is 227. The van der Waals surface area contributed by atoms with Crippen LogP contribution < -0.4 is 0 Å². The van der Waals surface area contributed by atoms with E-state index in [0.717, 1.165) is 0 Å². The second-order valence-electron chi connectivity index (χ2n) is 2.89. The van der Waals surface area contributed by atoms with Gasteiger partial charge in [0.25, 0.3) is 0 Å². The van der Waals surface area contributed by atoms with Crippen molar-refractivity contribution in [1.29, 1.82) is 0 Å². The summed E-state index contributed by atoms with van der Waals surface area (Å²) in [5, 5.41) is 8.86. The molecule has 1 fully saturated rings. The van der Waals surface area contributed by atoms with E-state index in [-0.39, 0.29) is 18.1 Å². The zero-order valence-corrected chi connectivity index (χ0v) is 7.23. The highest BCUT2D eigenvalue weighted by Crippen LogP contribution is 2.25. The number of rotatable bonds is 2. The molecule has 0 spiro atoms. The van der Waals surface area contributed by atoms with Crippen molar-refractivity contribution >= 4 is 9.84 Å². The molecule has 1 N–H and O–H groups in total. The molecule has 0 amide bonds. The van der Waals surface area contributed by atoms with Gasteiger partial charge in [0.15, 0.2) is 9.84 Å². The van der Waals surface area contributed by atoms with Crippen LogP contribution >= 0.6 is 0 Å². The van der Waals surface area contributed by atoms with Gasteiger partial charge in [-0.15, -0.1) is 0 Å². The molecule has 0 bridgehead atoms. The van der Waals surface area contributed by atoms with Crippen molar-refractivity contribution in [3.8, 4) is 0 Å². The maximum absolute atomic E-state index is 11.0. The Labute approximate surface area is 66.1 Å². The molecule has 0 saturated carbocycles. The highest BCUT2D eigenvalue weighted by molar-refractivity contribution is 7.91. The van der Waals surface area contributed by atoms with Gasteiger partial charge in [0, 0.05) is 7.11 Å². The van der Waals surface area contributed by atoms with Gasteiger partial charge in [0.1, 0.15) is 5.60 Å². The quantitative estimate of drug-likeness (QED) is 0.603. The number of hydrogen-bond acceptors (Lipinski definition) is 4. The van der Waals surface area contributed by atoms with Crippen LogP contribution in [0.3, 0.4) is 0 Å². The maximum Gasteiger partial charge on any atom is 0.153 e. The fourth-order valence-electron chi connectivity index (χ4n) is 1.24. The van der Waals surface area contributed by atoms with Gasteiger partial charge in [-0.1, -0.05) is 0 Å². The van der Waals surface area contributed by atoms with Gasteiger partial charge in [0.2, 0.25) is 0 Å². The first-order chi connectivity index (χ1) is 5.04. The minimum atomic E-state index is -2.96. The number of aliphatic hydroxyl groups excluding tert-OH is 1. The SMILES string of the molecule is COC1(CO)CCS(=O)(=O)C1. The third kappa shape index (κ3) is 1.72. The van der Waals surface area contributed by atoms with E-state index in [4.69, 9.17) is 9.84 Å². The van der Waals surface area contributed by atoms with Gasteiger partial charge >= 0.3 is 0 Å². The lowest BCUT2D eigenvalue weighted by atomic mass is 10.1. The Morgan fingerprint density at radius 3 is 2.45 bits per heavy atom. The number of hydrogen-bond donors (Lipinski definition) is 1. The van der Waals surface area contributed by atoms with E-state index in [1.807, 2.05) is 0 Å². The Morgan fingerprint density at radius 1 is 1.64 bits per heavy atom. The highest BCUT2D eigenvalue weighted by Gasteiger charge is 2.41. The molecule has 11 heavy (non-hydrogen) atoms. The van der Waals surface area contributed by atoms with Crippen molar-refractivity contribution in [3.63, 3.8) is 0 Å². The van der Waals surface area contributed by atoms with Crippen LogP contribution in [0.15, 0.2) is 0 Å². The van der Waals surface area contributed by atoms with Gasteiger partial charge in [-0.2, -0.15) is 0 Å². The topological polar surface area (TPSA) is 63.6 Å². The first-order valence-electron chi connectivity index (χ1n) is 3.40. The molecule has 0 radical (unpaired) electrons. The molecule has 1 saturated heterocycles. The first kappa shape index (κ1) is 8.96. The Balaban J connectivity index is 2.78. The number of sulfone groups is 1. The number of methoxy groups -OCH3 is 1. The van der Waals surface area contributed by atoms with Crippen molar-refractivity contribution in [1.82, 2.24) is 0 Å². The molecule has 1 heterocycles. The van der Waals surface area contributed by atoms with Crippen LogP contribution in [0.2, 0.25) is 0 Å². The van der Waals surface area contributed by atoms with E-state index < -0.39 is 15.4 Å². The average Bonchev–Trinajstić information content (AvgIpc) is 2.28. The summed E-state index contributed by atoms with van der Waals surface area (Å²) in [6.45, 7) is -0.220. The van der Waals surface area contributed by atoms with Crippen molar-refractivity contribution < 1.29 is 18.3 Å². The maximum atomic E-state index is 11.0. The summed E-state index contributed by atoms with van der Waals surface area (Å²) in [5.74, 6) is 0.0778. The summed E-state index contributed by atoms with van der Waals surface area (Å²) in [5.41, 5.74) is -0.821. The van der Waals surface area contributed by atoms with Gasteiger partial charge in [-0.05, 0) is 6.42 Å². The molecule has 0 aromatic heterocycles. The predicted molar refractivity (Wildman–Crippen MR) is 40.1 cm³/mol. The van der Waals surface area contributed by atoms with Gasteiger partial charge in [-0.25, -0.2) is 8.42 Å². The van der Waals surface area contributed by atoms with Crippen LogP contribution in [0.4, 0.5) is 0 Å². The molecule has 0 aromatic carbocycles. The third-order valence-electron chi connectivity index (χ3n) is 2.07. The van der Waals surface area contributed by atoms with Gasteiger partial charge in [0.05, 0.1) is 18.1 Å².